The van der Waals surface area contributed by atoms with Crippen LogP contribution in [0.3, 0.4) is 0 Å². The van der Waals surface area contributed by atoms with E-state index in [1.165, 1.54) is 70.6 Å². The van der Waals surface area contributed by atoms with Gasteiger partial charge in [-0.25, -0.2) is 0 Å². The summed E-state index contributed by atoms with van der Waals surface area (Å²) in [7, 11) is -3.86. The first-order valence-electron chi connectivity index (χ1n) is 11.6. The van der Waals surface area contributed by atoms with Crippen molar-refractivity contribution in [3.8, 4) is 0 Å². The van der Waals surface area contributed by atoms with Crippen molar-refractivity contribution < 1.29 is 18.1 Å². The fourth-order valence-corrected chi connectivity index (χ4v) is 4.66. The Bertz CT molecular complexity index is 409. The van der Waals surface area contributed by atoms with Crippen LogP contribution in [0.5, 0.6) is 0 Å². The Labute approximate surface area is 169 Å². The molecule has 0 saturated heterocycles. The van der Waals surface area contributed by atoms with E-state index in [-0.39, 0.29) is 6.10 Å². The monoisotopic (exact) mass is 406 g/mol. The molecule has 0 fully saturated rings. The van der Waals surface area contributed by atoms with Gasteiger partial charge >= 0.3 is 0 Å². The molecule has 0 saturated carbocycles. The summed E-state index contributed by atoms with van der Waals surface area (Å²) in [6.45, 7) is 3.99. The molecule has 2 N–H and O–H groups in total. The van der Waals surface area contributed by atoms with Gasteiger partial charge in [-0.15, -0.1) is 0 Å². The minimum absolute atomic E-state index is 0.0921. The Morgan fingerprint density at radius 3 is 1.33 bits per heavy atom. The maximum absolute atomic E-state index is 11.3. The Balaban J connectivity index is 3.31. The molecule has 4 nitrogen and oxygen atoms in total. The van der Waals surface area contributed by atoms with E-state index < -0.39 is 15.4 Å². The average Bonchev–Trinajstić information content (AvgIpc) is 2.62. The molecular formula is C22H46O4S. The fraction of sp³-hybridized carbons (Fsp3) is 1.00. The minimum Gasteiger partial charge on any atom is -0.393 e. The van der Waals surface area contributed by atoms with E-state index in [0.717, 1.165) is 32.1 Å². The van der Waals surface area contributed by atoms with Crippen molar-refractivity contribution in [1.82, 2.24) is 0 Å². The van der Waals surface area contributed by atoms with Gasteiger partial charge in [0.05, 0.1) is 11.4 Å². The molecule has 0 aliphatic rings. The third-order valence-corrected chi connectivity index (χ3v) is 6.88. The lowest BCUT2D eigenvalue weighted by Gasteiger charge is -2.12. The summed E-state index contributed by atoms with van der Waals surface area (Å²) in [5.41, 5.74) is 0. The first kappa shape index (κ1) is 26.9. The molecule has 27 heavy (non-hydrogen) atoms. The molecule has 0 bridgehead atoms. The second-order valence-corrected chi connectivity index (χ2v) is 9.86. The first-order chi connectivity index (χ1) is 12.9. The SMILES string of the molecule is CCCC(CCCCCCCCCCCCCCCC(O)CC)S(=O)(=O)O. The van der Waals surface area contributed by atoms with Gasteiger partial charge in [0.1, 0.15) is 0 Å². The van der Waals surface area contributed by atoms with E-state index >= 15 is 0 Å². The third-order valence-electron chi connectivity index (χ3n) is 5.57. The van der Waals surface area contributed by atoms with Gasteiger partial charge in [0.25, 0.3) is 10.1 Å². The zero-order valence-electron chi connectivity index (χ0n) is 18.0. The van der Waals surface area contributed by atoms with Crippen molar-refractivity contribution in [3.05, 3.63) is 0 Å². The quantitative estimate of drug-likeness (QED) is 0.175. The summed E-state index contributed by atoms with van der Waals surface area (Å²) in [4.78, 5) is 0. The number of hydrogen-bond acceptors (Lipinski definition) is 3. The van der Waals surface area contributed by atoms with Crippen molar-refractivity contribution >= 4 is 10.1 Å². The van der Waals surface area contributed by atoms with Crippen LogP contribution in [-0.4, -0.2) is 29.4 Å². The highest BCUT2D eigenvalue weighted by molar-refractivity contribution is 7.86. The highest BCUT2D eigenvalue weighted by Crippen LogP contribution is 2.17. The molecule has 0 aliphatic heterocycles. The van der Waals surface area contributed by atoms with E-state index in [4.69, 9.17) is 0 Å². The molecule has 0 heterocycles. The lowest BCUT2D eigenvalue weighted by molar-refractivity contribution is 0.156. The summed E-state index contributed by atoms with van der Waals surface area (Å²) in [5.74, 6) is 0. The molecule has 2 unspecified atom stereocenters. The van der Waals surface area contributed by atoms with Gasteiger partial charge in [-0.3, -0.25) is 4.55 Å². The molecule has 5 heteroatoms. The molecule has 164 valence electrons. The van der Waals surface area contributed by atoms with Crippen LogP contribution in [0.4, 0.5) is 0 Å². The summed E-state index contributed by atoms with van der Waals surface area (Å²) < 4.78 is 31.7. The number of unbranched alkanes of at least 4 members (excludes halogenated alkanes) is 12. The van der Waals surface area contributed by atoms with E-state index in [0.29, 0.717) is 12.8 Å². The number of rotatable bonds is 20. The second-order valence-electron chi connectivity index (χ2n) is 8.16. The third kappa shape index (κ3) is 17.7. The van der Waals surface area contributed by atoms with Crippen LogP contribution in [-0.2, 0) is 10.1 Å². The van der Waals surface area contributed by atoms with Gasteiger partial charge in [-0.1, -0.05) is 104 Å². The van der Waals surface area contributed by atoms with Gasteiger partial charge in [0.2, 0.25) is 0 Å². The Morgan fingerprint density at radius 1 is 0.630 bits per heavy atom. The second kappa shape index (κ2) is 17.9. The molecule has 0 amide bonds. The number of aliphatic hydroxyl groups excluding tert-OH is 1. The summed E-state index contributed by atoms with van der Waals surface area (Å²) in [6, 6.07) is 0. The maximum Gasteiger partial charge on any atom is 0.267 e. The van der Waals surface area contributed by atoms with Gasteiger partial charge in [0.15, 0.2) is 0 Å². The van der Waals surface area contributed by atoms with Crippen molar-refractivity contribution in [2.24, 2.45) is 0 Å². The lowest BCUT2D eigenvalue weighted by atomic mass is 10.0. The Kier molecular flexibility index (Phi) is 17.8. The summed E-state index contributed by atoms with van der Waals surface area (Å²) in [6.07, 6.45) is 19.8. The molecule has 0 aromatic heterocycles. The van der Waals surface area contributed by atoms with Crippen LogP contribution in [0.25, 0.3) is 0 Å². The Morgan fingerprint density at radius 2 is 1.00 bits per heavy atom. The van der Waals surface area contributed by atoms with Gasteiger partial charge in [0, 0.05) is 0 Å². The average molecular weight is 407 g/mol. The molecule has 2 atom stereocenters. The predicted octanol–water partition coefficient (Wildman–Crippen LogP) is 6.67. The summed E-state index contributed by atoms with van der Waals surface area (Å²) in [5, 5.41) is 8.94. The van der Waals surface area contributed by atoms with Crippen LogP contribution < -0.4 is 0 Å². The van der Waals surface area contributed by atoms with Gasteiger partial charge in [-0.2, -0.15) is 8.42 Å². The Hall–Kier alpha value is -0.130. The van der Waals surface area contributed by atoms with Crippen LogP contribution in [0.1, 0.15) is 129 Å². The van der Waals surface area contributed by atoms with Crippen LogP contribution in [0, 0.1) is 0 Å². The molecule has 0 aliphatic carbocycles. The molecule has 0 spiro atoms. The molecule has 0 rings (SSSR count). The normalized spacial score (nSPS) is 14.4. The highest BCUT2D eigenvalue weighted by Gasteiger charge is 2.20. The van der Waals surface area contributed by atoms with Crippen LogP contribution in [0.2, 0.25) is 0 Å². The van der Waals surface area contributed by atoms with Crippen molar-refractivity contribution in [2.75, 3.05) is 0 Å². The molecular weight excluding hydrogens is 360 g/mol. The van der Waals surface area contributed by atoms with Gasteiger partial charge < -0.3 is 5.11 Å². The van der Waals surface area contributed by atoms with Crippen molar-refractivity contribution in [3.63, 3.8) is 0 Å². The fourth-order valence-electron chi connectivity index (χ4n) is 3.66. The van der Waals surface area contributed by atoms with Crippen molar-refractivity contribution in [2.45, 2.75) is 141 Å². The number of aliphatic hydroxyl groups is 1. The first-order valence-corrected chi connectivity index (χ1v) is 13.1. The molecule has 0 radical (unpaired) electrons. The lowest BCUT2D eigenvalue weighted by Crippen LogP contribution is -2.20. The minimum atomic E-state index is -3.86. The maximum atomic E-state index is 11.3. The smallest absolute Gasteiger partial charge is 0.267 e. The largest absolute Gasteiger partial charge is 0.393 e. The van der Waals surface area contributed by atoms with E-state index in [9.17, 15) is 18.1 Å². The van der Waals surface area contributed by atoms with E-state index in [1.54, 1.807) is 0 Å². The summed E-state index contributed by atoms with van der Waals surface area (Å²) >= 11 is 0. The zero-order chi connectivity index (χ0) is 20.4. The topological polar surface area (TPSA) is 74.6 Å². The van der Waals surface area contributed by atoms with Crippen LogP contribution >= 0.6 is 0 Å². The van der Waals surface area contributed by atoms with Crippen LogP contribution in [0.15, 0.2) is 0 Å². The highest BCUT2D eigenvalue weighted by atomic mass is 32.2. The molecule has 0 aromatic carbocycles. The van der Waals surface area contributed by atoms with Crippen molar-refractivity contribution in [1.29, 1.82) is 0 Å². The predicted molar refractivity (Wildman–Crippen MR) is 116 cm³/mol. The van der Waals surface area contributed by atoms with Gasteiger partial charge in [-0.05, 0) is 25.7 Å². The standard InChI is InChI=1S/C22H46O4S/c1-3-18-22(27(24,25)26)20-17-15-13-11-9-7-5-6-8-10-12-14-16-19-21(23)4-2/h21-23H,3-20H2,1-2H3,(H,24,25,26). The molecule has 0 aromatic rings. The van der Waals surface area contributed by atoms with E-state index in [2.05, 4.69) is 0 Å². The number of hydrogen-bond donors (Lipinski definition) is 2. The van der Waals surface area contributed by atoms with E-state index in [1.807, 2.05) is 13.8 Å². The zero-order valence-corrected chi connectivity index (χ0v) is 18.8.